The molecule has 0 aliphatic carbocycles. The van der Waals surface area contributed by atoms with Crippen molar-refractivity contribution in [2.45, 2.75) is 74.8 Å². The van der Waals surface area contributed by atoms with Crippen molar-refractivity contribution < 1.29 is 9.90 Å². The Morgan fingerprint density at radius 2 is 1.19 bits per heavy atom. The number of hydrogen-bond acceptors (Lipinski definition) is 1. The summed E-state index contributed by atoms with van der Waals surface area (Å²) in [6.45, 7) is 2.04. The number of unbranched alkanes of at least 4 members (excludes halogenated alkanes) is 9. The van der Waals surface area contributed by atoms with E-state index in [0.29, 0.717) is 0 Å². The minimum Gasteiger partial charge on any atom is -0.483 e. The average Bonchev–Trinajstić information content (AvgIpc) is 2.28. The molecule has 0 saturated heterocycles. The number of carboxylic acid groups (broad SMARTS) is 1. The summed E-state index contributed by atoms with van der Waals surface area (Å²) < 4.78 is 1.51. The van der Waals surface area contributed by atoms with Gasteiger partial charge in [-0.25, -0.2) is 0 Å². The van der Waals surface area contributed by atoms with Gasteiger partial charge in [0.1, 0.15) is 0 Å². The zero-order chi connectivity index (χ0) is 12.5. The van der Waals surface area contributed by atoms with Gasteiger partial charge in [-0.1, -0.05) is 0 Å². The van der Waals surface area contributed by atoms with E-state index in [2.05, 4.69) is 6.92 Å². The summed E-state index contributed by atoms with van der Waals surface area (Å²) in [4.78, 5) is 8.36. The van der Waals surface area contributed by atoms with Gasteiger partial charge in [0.05, 0.1) is 0 Å². The van der Waals surface area contributed by atoms with Crippen molar-refractivity contribution in [3.8, 4) is 0 Å². The molecule has 16 heavy (non-hydrogen) atoms. The first-order valence-corrected chi connectivity index (χ1v) is 8.32. The molecule has 0 rings (SSSR count). The molecule has 0 unspecified atom stereocenters. The fourth-order valence-corrected chi connectivity index (χ4v) is 2.24. The SMILES string of the molecule is CCCCCCCCCCC[CH2][Na].O=CO. The Morgan fingerprint density at radius 3 is 1.50 bits per heavy atom. The molecule has 0 amide bonds. The van der Waals surface area contributed by atoms with Crippen LogP contribution in [-0.2, 0) is 4.79 Å². The molecular weight excluding hydrogens is 211 g/mol. The largest absolute Gasteiger partial charge is 0.483 e. The summed E-state index contributed by atoms with van der Waals surface area (Å²) in [6, 6.07) is 0. The molecule has 0 heterocycles. The van der Waals surface area contributed by atoms with Gasteiger partial charge in [-0.15, -0.1) is 0 Å². The molecule has 0 aliphatic rings. The molecule has 2 nitrogen and oxygen atoms in total. The van der Waals surface area contributed by atoms with Gasteiger partial charge in [-0.3, -0.25) is 4.79 Å². The van der Waals surface area contributed by atoms with E-state index in [1.165, 1.54) is 95.8 Å². The maximum Gasteiger partial charge on any atom is 0.290 e. The summed E-state index contributed by atoms with van der Waals surface area (Å²) >= 11 is 1.41. The van der Waals surface area contributed by atoms with Gasteiger partial charge in [0, 0.05) is 0 Å². The Hall–Kier alpha value is 0.470. The second-order valence-electron chi connectivity index (χ2n) is 4.29. The van der Waals surface area contributed by atoms with Crippen LogP contribution in [-0.4, -0.2) is 39.5 Å². The summed E-state index contributed by atoms with van der Waals surface area (Å²) in [7, 11) is 0. The Balaban J connectivity index is 0. The van der Waals surface area contributed by atoms with Gasteiger partial charge in [0.25, 0.3) is 6.47 Å². The zero-order valence-corrected chi connectivity index (χ0v) is 13.2. The molecule has 0 atom stereocenters. The molecular formula is C13H27NaO2. The van der Waals surface area contributed by atoms with E-state index in [4.69, 9.17) is 9.90 Å². The third-order valence-corrected chi connectivity index (χ3v) is 3.41. The molecule has 0 aromatic carbocycles. The van der Waals surface area contributed by atoms with Crippen LogP contribution in [0, 0.1) is 0 Å². The van der Waals surface area contributed by atoms with E-state index in [9.17, 15) is 0 Å². The van der Waals surface area contributed by atoms with E-state index >= 15 is 0 Å². The number of carbonyl (C=O) groups is 1. The molecule has 0 saturated carbocycles. The third-order valence-electron chi connectivity index (χ3n) is 2.71. The van der Waals surface area contributed by atoms with Crippen molar-refractivity contribution in [3.63, 3.8) is 0 Å². The monoisotopic (exact) mass is 238 g/mol. The van der Waals surface area contributed by atoms with Crippen molar-refractivity contribution in [1.29, 1.82) is 0 Å². The van der Waals surface area contributed by atoms with E-state index in [-0.39, 0.29) is 6.47 Å². The first-order valence-electron chi connectivity index (χ1n) is 6.91. The van der Waals surface area contributed by atoms with Gasteiger partial charge in [0.15, 0.2) is 0 Å². The van der Waals surface area contributed by atoms with Crippen LogP contribution in [0.25, 0.3) is 0 Å². The smallest absolute Gasteiger partial charge is 0.290 e. The number of hydrogen-bond donors (Lipinski definition) is 1. The third kappa shape index (κ3) is 24.0. The predicted molar refractivity (Wildman–Crippen MR) is 71.1 cm³/mol. The molecule has 0 spiro atoms. The fraction of sp³-hybridized carbons (Fsp3) is 0.923. The van der Waals surface area contributed by atoms with E-state index in [1.807, 2.05) is 0 Å². The summed E-state index contributed by atoms with van der Waals surface area (Å²) in [5, 5.41) is 6.89. The second-order valence-corrected chi connectivity index (χ2v) is 5.29. The van der Waals surface area contributed by atoms with Gasteiger partial charge in [-0.05, 0) is 0 Å². The maximum atomic E-state index is 8.36. The topological polar surface area (TPSA) is 37.3 Å². The Bertz CT molecular complexity index is 109. The molecule has 0 radical (unpaired) electrons. The quantitative estimate of drug-likeness (QED) is 0.352. The summed E-state index contributed by atoms with van der Waals surface area (Å²) in [6.07, 6.45) is 14.7. The minimum absolute atomic E-state index is 0.250. The van der Waals surface area contributed by atoms with Crippen LogP contribution < -0.4 is 0 Å². The van der Waals surface area contributed by atoms with Crippen LogP contribution in [0.2, 0.25) is 3.67 Å². The normalized spacial score (nSPS) is 9.44. The summed E-state index contributed by atoms with van der Waals surface area (Å²) in [5.41, 5.74) is 0. The predicted octanol–water partition coefficient (Wildman–Crippen LogP) is 4.19. The molecule has 0 aromatic rings. The molecule has 1 N–H and O–H groups in total. The standard InChI is InChI=1S/C12H25.CH2O2.Na/c1-3-5-7-9-11-12-10-8-6-4-2;2-1-3;/h1,3-12H2,2H3;1H,(H,2,3);. The number of rotatable bonds is 10. The Morgan fingerprint density at radius 1 is 0.875 bits per heavy atom. The van der Waals surface area contributed by atoms with Crippen molar-refractivity contribution in [1.82, 2.24) is 0 Å². The molecule has 3 heteroatoms. The van der Waals surface area contributed by atoms with Crippen molar-refractivity contribution >= 4 is 34.4 Å². The maximum absolute atomic E-state index is 8.36. The zero-order valence-electron chi connectivity index (χ0n) is 11.2. The van der Waals surface area contributed by atoms with Crippen molar-refractivity contribution in [2.75, 3.05) is 0 Å². The van der Waals surface area contributed by atoms with Crippen LogP contribution in [0.5, 0.6) is 0 Å². The molecule has 0 aliphatic heterocycles. The Labute approximate surface area is 119 Å². The van der Waals surface area contributed by atoms with Gasteiger partial charge in [-0.2, -0.15) is 0 Å². The molecule has 0 fully saturated rings. The van der Waals surface area contributed by atoms with Crippen molar-refractivity contribution in [3.05, 3.63) is 0 Å². The molecule has 92 valence electrons. The fourth-order valence-electron chi connectivity index (χ4n) is 1.74. The minimum atomic E-state index is -0.250. The van der Waals surface area contributed by atoms with E-state index < -0.39 is 0 Å². The van der Waals surface area contributed by atoms with Crippen LogP contribution >= 0.6 is 0 Å². The van der Waals surface area contributed by atoms with Crippen LogP contribution in [0.4, 0.5) is 0 Å². The van der Waals surface area contributed by atoms with Crippen LogP contribution in [0.1, 0.15) is 71.1 Å². The van der Waals surface area contributed by atoms with E-state index in [1.54, 1.807) is 0 Å². The van der Waals surface area contributed by atoms with Gasteiger partial charge >= 0.3 is 103 Å². The van der Waals surface area contributed by atoms with Gasteiger partial charge < -0.3 is 5.11 Å². The second kappa shape index (κ2) is 20.8. The Kier molecular flexibility index (Phi) is 24.5. The van der Waals surface area contributed by atoms with Crippen LogP contribution in [0.3, 0.4) is 0 Å². The van der Waals surface area contributed by atoms with E-state index in [0.717, 1.165) is 0 Å². The van der Waals surface area contributed by atoms with Crippen LogP contribution in [0.15, 0.2) is 0 Å². The first kappa shape index (κ1) is 18.8. The first-order chi connectivity index (χ1) is 7.83. The average molecular weight is 238 g/mol. The summed E-state index contributed by atoms with van der Waals surface area (Å²) in [5.74, 6) is 0. The molecule has 0 aromatic heterocycles. The van der Waals surface area contributed by atoms with Crippen molar-refractivity contribution in [2.24, 2.45) is 0 Å². The van der Waals surface area contributed by atoms with Gasteiger partial charge in [0.2, 0.25) is 0 Å². The molecule has 0 bridgehead atoms.